The monoisotopic (exact) mass is 353 g/mol. The van der Waals surface area contributed by atoms with Crippen molar-refractivity contribution in [3.63, 3.8) is 0 Å². The van der Waals surface area contributed by atoms with E-state index < -0.39 is 0 Å². The van der Waals surface area contributed by atoms with Crippen LogP contribution in [0.25, 0.3) is 0 Å². The molecule has 1 aromatic carbocycles. The van der Waals surface area contributed by atoms with Gasteiger partial charge < -0.3 is 9.30 Å². The molecule has 0 aliphatic heterocycles. The van der Waals surface area contributed by atoms with Gasteiger partial charge in [0, 0.05) is 18.3 Å². The maximum atomic E-state index is 12.7. The van der Waals surface area contributed by atoms with Crippen LogP contribution >= 0.6 is 23.2 Å². The number of esters is 1. The van der Waals surface area contributed by atoms with Crippen LogP contribution in [0.15, 0.2) is 24.3 Å². The molecule has 2 aromatic rings. The minimum Gasteiger partial charge on any atom is -0.466 e. The summed E-state index contributed by atoms with van der Waals surface area (Å²) >= 11 is 11.9. The molecular weight excluding hydrogens is 337 g/mol. The van der Waals surface area contributed by atoms with Gasteiger partial charge >= 0.3 is 5.97 Å². The molecule has 0 aliphatic carbocycles. The van der Waals surface area contributed by atoms with Crippen LogP contribution < -0.4 is 0 Å². The van der Waals surface area contributed by atoms with Crippen molar-refractivity contribution in [1.82, 2.24) is 4.57 Å². The van der Waals surface area contributed by atoms with Crippen LogP contribution in [0.2, 0.25) is 10.0 Å². The molecule has 0 aliphatic rings. The van der Waals surface area contributed by atoms with Crippen LogP contribution in [0.4, 0.5) is 0 Å². The lowest BCUT2D eigenvalue weighted by Crippen LogP contribution is -2.14. The minimum absolute atomic E-state index is 0.125. The summed E-state index contributed by atoms with van der Waals surface area (Å²) in [7, 11) is 1.76. The van der Waals surface area contributed by atoms with Crippen molar-refractivity contribution < 1.29 is 14.3 Å². The van der Waals surface area contributed by atoms with Crippen molar-refractivity contribution in [1.29, 1.82) is 0 Å². The van der Waals surface area contributed by atoms with Gasteiger partial charge in [-0.15, -0.1) is 0 Å². The molecule has 0 atom stereocenters. The van der Waals surface area contributed by atoms with Crippen LogP contribution in [0.5, 0.6) is 0 Å². The highest BCUT2D eigenvalue weighted by molar-refractivity contribution is 6.42. The Kier molecular flexibility index (Phi) is 5.50. The predicted octanol–water partition coefficient (Wildman–Crippen LogP) is 3.98. The normalized spacial score (nSPS) is 10.7. The maximum Gasteiger partial charge on any atom is 0.311 e. The number of benzene rings is 1. The van der Waals surface area contributed by atoms with Crippen LogP contribution in [0.3, 0.4) is 0 Å². The zero-order valence-corrected chi connectivity index (χ0v) is 14.7. The summed E-state index contributed by atoms with van der Waals surface area (Å²) in [5.41, 5.74) is 2.49. The van der Waals surface area contributed by atoms with E-state index in [1.54, 1.807) is 36.7 Å². The molecule has 0 radical (unpaired) electrons. The van der Waals surface area contributed by atoms with Crippen LogP contribution in [-0.2, 0) is 23.0 Å². The fourth-order valence-corrected chi connectivity index (χ4v) is 2.76. The zero-order chi connectivity index (χ0) is 17.1. The minimum atomic E-state index is -0.318. The molecule has 0 amide bonds. The highest BCUT2D eigenvalue weighted by Gasteiger charge is 2.20. The fourth-order valence-electron chi connectivity index (χ4n) is 2.46. The van der Waals surface area contributed by atoms with Crippen LogP contribution in [0, 0.1) is 6.92 Å². The molecule has 6 heteroatoms. The summed E-state index contributed by atoms with van der Waals surface area (Å²) in [6, 6.07) is 6.59. The number of ether oxygens (including phenoxy) is 1. The molecule has 0 fully saturated rings. The Labute approximate surface area is 145 Å². The SMILES string of the molecule is CCOC(=O)Cc1cc(C)c(C(=O)c2ccc(Cl)c(Cl)c2)n1C. The van der Waals surface area contributed by atoms with Crippen LogP contribution in [0.1, 0.15) is 34.2 Å². The lowest BCUT2D eigenvalue weighted by atomic mass is 10.1. The highest BCUT2D eigenvalue weighted by Crippen LogP contribution is 2.25. The molecule has 1 heterocycles. The standard InChI is InChI=1S/C17H17Cl2NO3/c1-4-23-15(21)9-12-7-10(2)16(20(12)3)17(22)11-5-6-13(18)14(19)8-11/h5-8H,4,9H2,1-3H3. The number of carbonyl (C=O) groups excluding carboxylic acids is 2. The number of nitrogens with zero attached hydrogens (tertiary/aromatic N) is 1. The molecule has 122 valence electrons. The number of hydrogen-bond acceptors (Lipinski definition) is 3. The van der Waals surface area contributed by atoms with Crippen molar-refractivity contribution in [2.24, 2.45) is 7.05 Å². The molecule has 0 saturated heterocycles. The second-order valence-corrected chi connectivity index (χ2v) is 5.98. The third-order valence-electron chi connectivity index (χ3n) is 3.55. The Morgan fingerprint density at radius 2 is 1.87 bits per heavy atom. The van der Waals surface area contributed by atoms with E-state index in [9.17, 15) is 9.59 Å². The van der Waals surface area contributed by atoms with Crippen molar-refractivity contribution in [3.05, 3.63) is 56.8 Å². The number of carbonyl (C=O) groups is 2. The Hall–Kier alpha value is -1.78. The first kappa shape index (κ1) is 17.6. The Morgan fingerprint density at radius 3 is 2.48 bits per heavy atom. The van der Waals surface area contributed by atoms with Crippen molar-refractivity contribution in [2.45, 2.75) is 20.3 Å². The van der Waals surface area contributed by atoms with Crippen molar-refractivity contribution >= 4 is 35.0 Å². The first-order valence-corrected chi connectivity index (χ1v) is 7.91. The summed E-state index contributed by atoms with van der Waals surface area (Å²) in [6.45, 7) is 3.92. The average molecular weight is 354 g/mol. The number of aryl methyl sites for hydroxylation is 1. The number of rotatable bonds is 5. The summed E-state index contributed by atoms with van der Waals surface area (Å²) in [4.78, 5) is 24.4. The molecule has 0 N–H and O–H groups in total. The molecule has 23 heavy (non-hydrogen) atoms. The summed E-state index contributed by atoms with van der Waals surface area (Å²) in [5.74, 6) is -0.486. The Morgan fingerprint density at radius 1 is 1.17 bits per heavy atom. The molecule has 0 bridgehead atoms. The van der Waals surface area contributed by atoms with Gasteiger partial charge in [0.1, 0.15) is 0 Å². The molecule has 0 unspecified atom stereocenters. The van der Waals surface area contributed by atoms with Crippen molar-refractivity contribution in [3.8, 4) is 0 Å². The van der Waals surface area contributed by atoms with E-state index in [0.717, 1.165) is 11.3 Å². The van der Waals surface area contributed by atoms with E-state index in [1.807, 2.05) is 13.0 Å². The van der Waals surface area contributed by atoms with E-state index in [-0.39, 0.29) is 18.2 Å². The summed E-state index contributed by atoms with van der Waals surface area (Å²) in [5, 5.41) is 0.728. The topological polar surface area (TPSA) is 48.3 Å². The Balaban J connectivity index is 2.35. The quantitative estimate of drug-likeness (QED) is 0.603. The summed E-state index contributed by atoms with van der Waals surface area (Å²) in [6.07, 6.45) is 0.125. The third-order valence-corrected chi connectivity index (χ3v) is 4.29. The average Bonchev–Trinajstić information content (AvgIpc) is 2.76. The van der Waals surface area contributed by atoms with Gasteiger partial charge in [-0.2, -0.15) is 0 Å². The molecule has 0 spiro atoms. The number of aromatic nitrogens is 1. The van der Waals surface area contributed by atoms with Gasteiger partial charge in [-0.25, -0.2) is 0 Å². The second kappa shape index (κ2) is 7.20. The molecule has 4 nitrogen and oxygen atoms in total. The van der Waals surface area contributed by atoms with Gasteiger partial charge in [0.2, 0.25) is 5.78 Å². The van der Waals surface area contributed by atoms with Gasteiger partial charge in [-0.3, -0.25) is 9.59 Å². The predicted molar refractivity (Wildman–Crippen MR) is 90.4 cm³/mol. The fraction of sp³-hybridized carbons (Fsp3) is 0.294. The largest absolute Gasteiger partial charge is 0.466 e. The number of halogens is 2. The van der Waals surface area contributed by atoms with E-state index in [0.29, 0.717) is 27.9 Å². The third kappa shape index (κ3) is 3.77. The zero-order valence-electron chi connectivity index (χ0n) is 13.2. The van der Waals surface area contributed by atoms with Crippen LogP contribution in [-0.4, -0.2) is 22.9 Å². The second-order valence-electron chi connectivity index (χ2n) is 5.17. The highest BCUT2D eigenvalue weighted by atomic mass is 35.5. The van der Waals surface area contributed by atoms with E-state index in [2.05, 4.69) is 0 Å². The smallest absolute Gasteiger partial charge is 0.311 e. The summed E-state index contributed by atoms with van der Waals surface area (Å²) < 4.78 is 6.67. The molecule has 0 saturated carbocycles. The number of ketones is 1. The van der Waals surface area contributed by atoms with Crippen molar-refractivity contribution in [2.75, 3.05) is 6.61 Å². The lowest BCUT2D eigenvalue weighted by Gasteiger charge is -2.08. The van der Waals surface area contributed by atoms with Gasteiger partial charge in [0.25, 0.3) is 0 Å². The van der Waals surface area contributed by atoms with Gasteiger partial charge in [-0.05, 0) is 43.7 Å². The molecular formula is C17H17Cl2NO3. The molecule has 2 rings (SSSR count). The van der Waals surface area contributed by atoms with E-state index >= 15 is 0 Å². The van der Waals surface area contributed by atoms with E-state index in [1.165, 1.54) is 0 Å². The first-order chi connectivity index (χ1) is 10.8. The first-order valence-electron chi connectivity index (χ1n) is 7.15. The lowest BCUT2D eigenvalue weighted by molar-refractivity contribution is -0.142. The maximum absolute atomic E-state index is 12.7. The van der Waals surface area contributed by atoms with Gasteiger partial charge in [-0.1, -0.05) is 23.2 Å². The van der Waals surface area contributed by atoms with E-state index in [4.69, 9.17) is 27.9 Å². The van der Waals surface area contributed by atoms with Gasteiger partial charge in [0.05, 0.1) is 28.8 Å². The van der Waals surface area contributed by atoms with Gasteiger partial charge in [0.15, 0.2) is 0 Å². The number of hydrogen-bond donors (Lipinski definition) is 0. The Bertz CT molecular complexity index is 765. The molecule has 1 aromatic heterocycles.